The molecule has 1 fully saturated rings. The monoisotopic (exact) mass is 493 g/mol. The summed E-state index contributed by atoms with van der Waals surface area (Å²) in [4.78, 5) is 29.2. The minimum atomic E-state index is -3.83. The number of imide groups is 1. The summed E-state index contributed by atoms with van der Waals surface area (Å²) in [5.74, 6) is -0.340. The van der Waals surface area contributed by atoms with Gasteiger partial charge in [0.2, 0.25) is 15.9 Å². The summed E-state index contributed by atoms with van der Waals surface area (Å²) < 4.78 is 34.4. The number of anilines is 2. The fraction of sp³-hybridized carbons (Fsp3) is 0.308. The molecule has 0 spiro atoms. The minimum Gasteiger partial charge on any atom is -0.495 e. The molecule has 0 aliphatic carbocycles. The van der Waals surface area contributed by atoms with E-state index in [1.165, 1.54) is 15.3 Å². The Morgan fingerprint density at radius 3 is 2.31 bits per heavy atom. The van der Waals surface area contributed by atoms with Crippen molar-refractivity contribution in [3.8, 4) is 5.75 Å². The van der Waals surface area contributed by atoms with Crippen LogP contribution in [0.2, 0.25) is 0 Å². The van der Waals surface area contributed by atoms with E-state index in [9.17, 15) is 18.0 Å². The number of carbonyl (C=O) groups excluding carboxylic acids is 2. The number of amides is 2. The number of benzene rings is 3. The summed E-state index contributed by atoms with van der Waals surface area (Å²) in [6.07, 6.45) is 0. The lowest BCUT2D eigenvalue weighted by atomic mass is 10.1. The number of para-hydroxylation sites is 2. The number of piperazine rings is 1. The standard InChI is InChI=1S/C26H27N3O5S/c1-17(2)25(30)29-21-11-12-23(18-7-6-8-19(24(18)21)26(29)31)35(32,33)28-15-13-27(14-16-28)20-9-4-5-10-22(20)34-3/h4-12,17H,13-16H2,1-3H3. The molecule has 3 aromatic carbocycles. The van der Waals surface area contributed by atoms with Crippen LogP contribution in [-0.4, -0.2) is 57.8 Å². The average molecular weight is 494 g/mol. The van der Waals surface area contributed by atoms with E-state index in [1.807, 2.05) is 24.3 Å². The van der Waals surface area contributed by atoms with Crippen molar-refractivity contribution in [1.82, 2.24) is 4.31 Å². The molecule has 0 unspecified atom stereocenters. The van der Waals surface area contributed by atoms with E-state index >= 15 is 0 Å². The van der Waals surface area contributed by atoms with E-state index in [4.69, 9.17) is 4.74 Å². The molecule has 0 atom stereocenters. The maximum atomic E-state index is 13.7. The lowest BCUT2D eigenvalue weighted by Crippen LogP contribution is -2.48. The minimum absolute atomic E-state index is 0.149. The van der Waals surface area contributed by atoms with Gasteiger partial charge in [-0.05, 0) is 30.3 Å². The zero-order chi connectivity index (χ0) is 24.9. The van der Waals surface area contributed by atoms with E-state index in [2.05, 4.69) is 4.90 Å². The quantitative estimate of drug-likeness (QED) is 0.541. The maximum absolute atomic E-state index is 13.7. The normalized spacial score (nSPS) is 16.4. The highest BCUT2D eigenvalue weighted by atomic mass is 32.2. The molecule has 1 saturated heterocycles. The molecule has 0 N–H and O–H groups in total. The number of sulfonamides is 1. The van der Waals surface area contributed by atoms with Gasteiger partial charge in [0.05, 0.1) is 28.9 Å². The van der Waals surface area contributed by atoms with E-state index < -0.39 is 15.9 Å². The molecule has 0 bridgehead atoms. The molecule has 3 aromatic rings. The van der Waals surface area contributed by atoms with Crippen LogP contribution in [0.3, 0.4) is 0 Å². The van der Waals surface area contributed by atoms with Gasteiger partial charge in [0.15, 0.2) is 0 Å². The van der Waals surface area contributed by atoms with Gasteiger partial charge in [-0.2, -0.15) is 4.31 Å². The topological polar surface area (TPSA) is 87.2 Å². The highest BCUT2D eigenvalue weighted by Gasteiger charge is 2.38. The molecule has 0 saturated carbocycles. The van der Waals surface area contributed by atoms with Gasteiger partial charge in [-0.3, -0.25) is 9.59 Å². The van der Waals surface area contributed by atoms with Crippen LogP contribution in [0, 0.1) is 5.92 Å². The molecule has 2 heterocycles. The number of ether oxygens (including phenoxy) is 1. The molecule has 2 aliphatic heterocycles. The first-order chi connectivity index (χ1) is 16.8. The summed E-state index contributed by atoms with van der Waals surface area (Å²) in [6.45, 7) is 5.16. The van der Waals surface area contributed by atoms with E-state index in [0.717, 1.165) is 11.4 Å². The number of carbonyl (C=O) groups is 2. The van der Waals surface area contributed by atoms with Crippen molar-refractivity contribution >= 4 is 44.0 Å². The summed E-state index contributed by atoms with van der Waals surface area (Å²) in [7, 11) is -2.21. The Balaban J connectivity index is 1.48. The van der Waals surface area contributed by atoms with Crippen molar-refractivity contribution in [2.75, 3.05) is 43.1 Å². The Labute approximate surface area is 204 Å². The van der Waals surface area contributed by atoms with E-state index in [0.29, 0.717) is 48.2 Å². The van der Waals surface area contributed by atoms with Crippen molar-refractivity contribution in [2.45, 2.75) is 18.7 Å². The zero-order valence-electron chi connectivity index (χ0n) is 19.9. The van der Waals surface area contributed by atoms with Gasteiger partial charge in [0.1, 0.15) is 5.75 Å². The van der Waals surface area contributed by atoms with Crippen LogP contribution < -0.4 is 14.5 Å². The van der Waals surface area contributed by atoms with Crippen LogP contribution in [0.4, 0.5) is 11.4 Å². The number of hydrogen-bond acceptors (Lipinski definition) is 6. The second-order valence-electron chi connectivity index (χ2n) is 9.01. The first kappa shape index (κ1) is 23.3. The van der Waals surface area contributed by atoms with E-state index in [-0.39, 0.29) is 16.7 Å². The fourth-order valence-electron chi connectivity index (χ4n) is 4.86. The molecule has 35 heavy (non-hydrogen) atoms. The highest BCUT2D eigenvalue weighted by Crippen LogP contribution is 2.41. The van der Waals surface area contributed by atoms with Crippen LogP contribution in [0.25, 0.3) is 10.8 Å². The predicted octanol–water partition coefficient (Wildman–Crippen LogP) is 3.50. The third-order valence-electron chi connectivity index (χ3n) is 6.65. The molecule has 0 aromatic heterocycles. The van der Waals surface area contributed by atoms with Crippen molar-refractivity contribution in [3.05, 3.63) is 60.2 Å². The molecular weight excluding hydrogens is 466 g/mol. The predicted molar refractivity (Wildman–Crippen MR) is 135 cm³/mol. The molecule has 0 radical (unpaired) electrons. The second kappa shape index (κ2) is 8.66. The lowest BCUT2D eigenvalue weighted by Gasteiger charge is -2.36. The number of rotatable bonds is 5. The summed E-state index contributed by atoms with van der Waals surface area (Å²) in [5.41, 5.74) is 1.73. The number of nitrogens with zero attached hydrogens (tertiary/aromatic N) is 3. The molecule has 8 nitrogen and oxygen atoms in total. The molecule has 2 aliphatic rings. The Morgan fingerprint density at radius 1 is 0.914 bits per heavy atom. The number of methoxy groups -OCH3 is 1. The van der Waals surface area contributed by atoms with Crippen molar-refractivity contribution in [3.63, 3.8) is 0 Å². The van der Waals surface area contributed by atoms with Crippen LogP contribution in [-0.2, 0) is 14.8 Å². The van der Waals surface area contributed by atoms with Gasteiger partial charge < -0.3 is 9.64 Å². The maximum Gasteiger partial charge on any atom is 0.265 e. The van der Waals surface area contributed by atoms with Gasteiger partial charge in [-0.1, -0.05) is 38.1 Å². The van der Waals surface area contributed by atoms with Crippen molar-refractivity contribution in [2.24, 2.45) is 5.92 Å². The summed E-state index contributed by atoms with van der Waals surface area (Å²) in [5, 5.41) is 0.972. The molecule has 5 rings (SSSR count). The van der Waals surface area contributed by atoms with Gasteiger partial charge in [0.25, 0.3) is 5.91 Å². The highest BCUT2D eigenvalue weighted by molar-refractivity contribution is 7.89. The van der Waals surface area contributed by atoms with E-state index in [1.54, 1.807) is 45.2 Å². The number of hydrogen-bond donors (Lipinski definition) is 0. The summed E-state index contributed by atoms with van der Waals surface area (Å²) >= 11 is 0. The third-order valence-corrected chi connectivity index (χ3v) is 8.61. The van der Waals surface area contributed by atoms with Gasteiger partial charge >= 0.3 is 0 Å². The van der Waals surface area contributed by atoms with Crippen LogP contribution in [0.1, 0.15) is 24.2 Å². The first-order valence-corrected chi connectivity index (χ1v) is 13.0. The second-order valence-corrected chi connectivity index (χ2v) is 10.9. The molecular formula is C26H27N3O5S. The summed E-state index contributed by atoms with van der Waals surface area (Å²) in [6, 6.07) is 15.8. The lowest BCUT2D eigenvalue weighted by molar-refractivity contribution is -0.120. The van der Waals surface area contributed by atoms with Gasteiger partial charge in [-0.25, -0.2) is 13.3 Å². The Bertz CT molecular complexity index is 1440. The van der Waals surface area contributed by atoms with Crippen molar-refractivity contribution in [1.29, 1.82) is 0 Å². The largest absolute Gasteiger partial charge is 0.495 e. The van der Waals surface area contributed by atoms with Crippen LogP contribution >= 0.6 is 0 Å². The zero-order valence-corrected chi connectivity index (χ0v) is 20.7. The third kappa shape index (κ3) is 3.66. The van der Waals surface area contributed by atoms with Gasteiger partial charge in [0, 0.05) is 42.9 Å². The molecule has 182 valence electrons. The Hall–Kier alpha value is -3.43. The fourth-order valence-corrected chi connectivity index (χ4v) is 6.47. The van der Waals surface area contributed by atoms with Crippen LogP contribution in [0.5, 0.6) is 5.75 Å². The SMILES string of the molecule is COc1ccccc1N1CCN(S(=O)(=O)c2ccc3c4c(cccc24)C(=O)N3C(=O)C(C)C)CC1. The van der Waals surface area contributed by atoms with Crippen LogP contribution in [0.15, 0.2) is 59.5 Å². The van der Waals surface area contributed by atoms with Gasteiger partial charge in [-0.15, -0.1) is 0 Å². The molecule has 2 amide bonds. The Kier molecular flexibility index (Phi) is 5.77. The smallest absolute Gasteiger partial charge is 0.265 e. The average Bonchev–Trinajstić information content (AvgIpc) is 3.16. The first-order valence-electron chi connectivity index (χ1n) is 11.6. The van der Waals surface area contributed by atoms with Crippen molar-refractivity contribution < 1.29 is 22.7 Å². The molecule has 9 heteroatoms. The Morgan fingerprint density at radius 2 is 1.63 bits per heavy atom.